The number of carbonyl (C=O) groups excluding carboxylic acids is 1. The molecular weight excluding hydrogens is 230 g/mol. The van der Waals surface area contributed by atoms with Crippen molar-refractivity contribution in [3.05, 3.63) is 23.8 Å². The lowest BCUT2D eigenvalue weighted by Crippen LogP contribution is -2.58. The number of nitrogens with two attached hydrogens (primary N) is 1. The van der Waals surface area contributed by atoms with Crippen molar-refractivity contribution >= 4 is 11.6 Å². The van der Waals surface area contributed by atoms with E-state index in [9.17, 15) is 13.6 Å². The van der Waals surface area contributed by atoms with Crippen molar-refractivity contribution in [2.45, 2.75) is 5.92 Å². The summed E-state index contributed by atoms with van der Waals surface area (Å²) in [5, 5.41) is 0. The summed E-state index contributed by atoms with van der Waals surface area (Å²) in [5.41, 5.74) is 6.21. The number of amides is 1. The maximum Gasteiger partial charge on any atom is 0.282 e. The Morgan fingerprint density at radius 2 is 2.06 bits per heavy atom. The molecule has 1 saturated heterocycles. The highest BCUT2D eigenvalue weighted by atomic mass is 19.3. The van der Waals surface area contributed by atoms with Gasteiger partial charge in [-0.2, -0.15) is 0 Å². The van der Waals surface area contributed by atoms with Gasteiger partial charge in [-0.15, -0.1) is 0 Å². The number of carbonyl (C=O) groups is 1. The van der Waals surface area contributed by atoms with Crippen molar-refractivity contribution in [2.75, 3.05) is 25.9 Å². The highest BCUT2D eigenvalue weighted by molar-refractivity contribution is 5.96. The molecular formula is C11H12F2N2O2. The van der Waals surface area contributed by atoms with Crippen LogP contribution >= 0.6 is 0 Å². The van der Waals surface area contributed by atoms with E-state index in [4.69, 9.17) is 10.5 Å². The fourth-order valence-electron chi connectivity index (χ4n) is 1.70. The Bertz CT molecular complexity index is 455. The molecule has 1 fully saturated rings. The first-order chi connectivity index (χ1) is 7.91. The molecule has 2 rings (SSSR count). The van der Waals surface area contributed by atoms with Crippen LogP contribution in [0.15, 0.2) is 18.2 Å². The van der Waals surface area contributed by atoms with Crippen LogP contribution in [0.5, 0.6) is 5.75 Å². The van der Waals surface area contributed by atoms with Gasteiger partial charge in [-0.25, -0.2) is 8.78 Å². The fraction of sp³-hybridized carbons (Fsp3) is 0.364. The summed E-state index contributed by atoms with van der Waals surface area (Å²) in [6.07, 6.45) is 0. The molecule has 2 N–H and O–H groups in total. The Hall–Kier alpha value is -1.85. The zero-order valence-electron chi connectivity index (χ0n) is 9.24. The Morgan fingerprint density at radius 1 is 1.41 bits per heavy atom. The highest BCUT2D eigenvalue weighted by Gasteiger charge is 2.46. The lowest BCUT2D eigenvalue weighted by Gasteiger charge is -2.38. The monoisotopic (exact) mass is 242 g/mol. The third-order valence-corrected chi connectivity index (χ3v) is 2.54. The van der Waals surface area contributed by atoms with Crippen molar-refractivity contribution < 1.29 is 18.3 Å². The first kappa shape index (κ1) is 11.6. The van der Waals surface area contributed by atoms with Gasteiger partial charge >= 0.3 is 0 Å². The van der Waals surface area contributed by atoms with E-state index < -0.39 is 24.9 Å². The number of nitrogens with zero attached hydrogens (tertiary/aromatic N) is 1. The first-order valence-electron chi connectivity index (χ1n) is 5.03. The molecule has 0 aromatic heterocycles. The molecule has 1 heterocycles. The molecule has 0 spiro atoms. The largest absolute Gasteiger partial charge is 0.497 e. The quantitative estimate of drug-likeness (QED) is 0.797. The maximum atomic E-state index is 12.6. The van der Waals surface area contributed by atoms with E-state index in [1.54, 1.807) is 6.07 Å². The minimum atomic E-state index is -2.76. The van der Waals surface area contributed by atoms with E-state index >= 15 is 0 Å². The second-order valence-electron chi connectivity index (χ2n) is 4.01. The number of nitrogen functional groups attached to an aromatic ring is 1. The lowest BCUT2D eigenvalue weighted by molar-refractivity contribution is -0.113. The number of alkyl halides is 2. The van der Waals surface area contributed by atoms with Gasteiger partial charge in [0.05, 0.1) is 20.2 Å². The summed E-state index contributed by atoms with van der Waals surface area (Å²) >= 11 is 0. The van der Waals surface area contributed by atoms with Gasteiger partial charge in [0, 0.05) is 17.3 Å². The van der Waals surface area contributed by atoms with Gasteiger partial charge in [0.2, 0.25) is 0 Å². The van der Waals surface area contributed by atoms with Crippen LogP contribution in [0.2, 0.25) is 0 Å². The van der Waals surface area contributed by atoms with Crippen molar-refractivity contribution in [1.29, 1.82) is 0 Å². The van der Waals surface area contributed by atoms with Crippen LogP contribution in [-0.2, 0) is 0 Å². The molecule has 0 saturated carbocycles. The topological polar surface area (TPSA) is 55.6 Å². The summed E-state index contributed by atoms with van der Waals surface area (Å²) in [5.74, 6) is -2.79. The van der Waals surface area contributed by atoms with E-state index in [0.29, 0.717) is 11.4 Å². The minimum Gasteiger partial charge on any atom is -0.497 e. The van der Waals surface area contributed by atoms with Crippen molar-refractivity contribution in [1.82, 2.24) is 4.90 Å². The number of halogens is 2. The Balaban J connectivity index is 2.17. The number of benzene rings is 1. The molecule has 0 bridgehead atoms. The number of anilines is 1. The average Bonchev–Trinajstić information content (AvgIpc) is 2.23. The Labute approximate surface area is 97.0 Å². The molecule has 6 heteroatoms. The number of methoxy groups -OCH3 is 1. The van der Waals surface area contributed by atoms with Gasteiger partial charge in [-0.05, 0) is 12.1 Å². The summed E-state index contributed by atoms with van der Waals surface area (Å²) in [4.78, 5) is 12.9. The summed E-state index contributed by atoms with van der Waals surface area (Å²) < 4.78 is 30.3. The second-order valence-corrected chi connectivity index (χ2v) is 4.01. The van der Waals surface area contributed by atoms with Crippen LogP contribution in [0.4, 0.5) is 14.5 Å². The highest BCUT2D eigenvalue weighted by Crippen LogP contribution is 2.29. The Kier molecular flexibility index (Phi) is 2.65. The molecule has 4 nitrogen and oxygen atoms in total. The number of hydrogen-bond donors (Lipinski definition) is 1. The van der Waals surface area contributed by atoms with E-state index in [-0.39, 0.29) is 5.56 Å². The van der Waals surface area contributed by atoms with E-state index in [1.165, 1.54) is 19.2 Å². The summed E-state index contributed by atoms with van der Waals surface area (Å²) in [6, 6.07) is 4.48. The normalized spacial score (nSPS) is 17.5. The van der Waals surface area contributed by atoms with Crippen LogP contribution in [0, 0.1) is 0 Å². The number of hydrogen-bond acceptors (Lipinski definition) is 3. The van der Waals surface area contributed by atoms with E-state index in [1.807, 2.05) is 0 Å². The first-order valence-corrected chi connectivity index (χ1v) is 5.03. The molecule has 92 valence electrons. The van der Waals surface area contributed by atoms with Crippen molar-refractivity contribution in [3.8, 4) is 5.75 Å². The summed E-state index contributed by atoms with van der Waals surface area (Å²) in [7, 11) is 1.45. The van der Waals surface area contributed by atoms with Crippen LogP contribution in [0.25, 0.3) is 0 Å². The minimum absolute atomic E-state index is 0.261. The zero-order valence-corrected chi connectivity index (χ0v) is 9.24. The average molecular weight is 242 g/mol. The van der Waals surface area contributed by atoms with Crippen molar-refractivity contribution in [2.24, 2.45) is 0 Å². The van der Waals surface area contributed by atoms with Gasteiger partial charge in [0.1, 0.15) is 5.75 Å². The molecule has 1 aliphatic heterocycles. The van der Waals surface area contributed by atoms with Gasteiger partial charge in [-0.3, -0.25) is 4.79 Å². The van der Waals surface area contributed by atoms with Crippen molar-refractivity contribution in [3.63, 3.8) is 0 Å². The fourth-order valence-corrected chi connectivity index (χ4v) is 1.70. The van der Waals surface area contributed by atoms with Gasteiger partial charge in [0.15, 0.2) is 0 Å². The third kappa shape index (κ3) is 2.30. The molecule has 1 amide bonds. The summed E-state index contributed by atoms with van der Waals surface area (Å²) in [6.45, 7) is -1.08. The second kappa shape index (κ2) is 3.87. The van der Waals surface area contributed by atoms with Gasteiger partial charge in [0.25, 0.3) is 11.8 Å². The predicted octanol–water partition coefficient (Wildman–Crippen LogP) is 1.37. The maximum absolute atomic E-state index is 12.6. The van der Waals surface area contributed by atoms with Crippen LogP contribution < -0.4 is 10.5 Å². The molecule has 1 aromatic rings. The number of rotatable bonds is 2. The van der Waals surface area contributed by atoms with Gasteiger partial charge < -0.3 is 15.4 Å². The van der Waals surface area contributed by atoms with Crippen LogP contribution in [-0.4, -0.2) is 36.9 Å². The van der Waals surface area contributed by atoms with Gasteiger partial charge in [-0.1, -0.05) is 0 Å². The molecule has 0 unspecified atom stereocenters. The smallest absolute Gasteiger partial charge is 0.282 e. The molecule has 1 aromatic carbocycles. The van der Waals surface area contributed by atoms with Crippen LogP contribution in [0.3, 0.4) is 0 Å². The molecule has 17 heavy (non-hydrogen) atoms. The third-order valence-electron chi connectivity index (χ3n) is 2.54. The Morgan fingerprint density at radius 3 is 2.59 bits per heavy atom. The molecule has 1 aliphatic rings. The standard InChI is InChI=1S/C11H12F2N2O2/c1-17-9-3-7(2-8(14)4-9)10(16)15-5-11(12,13)6-15/h2-4H,5-6,14H2,1H3. The van der Waals surface area contributed by atoms with Crippen LogP contribution in [0.1, 0.15) is 10.4 Å². The SMILES string of the molecule is COc1cc(N)cc(C(=O)N2CC(F)(F)C2)c1. The number of ether oxygens (including phenoxy) is 1. The number of likely N-dealkylation sites (tertiary alicyclic amines) is 1. The van der Waals surface area contributed by atoms with E-state index in [0.717, 1.165) is 4.90 Å². The molecule has 0 atom stereocenters. The zero-order chi connectivity index (χ0) is 12.6. The molecule has 0 aliphatic carbocycles. The predicted molar refractivity (Wildman–Crippen MR) is 58.3 cm³/mol. The molecule has 0 radical (unpaired) electrons. The lowest BCUT2D eigenvalue weighted by atomic mass is 10.1. The van der Waals surface area contributed by atoms with E-state index in [2.05, 4.69) is 0 Å².